The first-order valence-corrected chi connectivity index (χ1v) is 10.8. The van der Waals surface area contributed by atoms with Gasteiger partial charge >= 0.3 is 0 Å². The Morgan fingerprint density at radius 1 is 1.10 bits per heavy atom. The highest BCUT2D eigenvalue weighted by molar-refractivity contribution is 7.99. The summed E-state index contributed by atoms with van der Waals surface area (Å²) in [4.78, 5) is 30.3. The van der Waals surface area contributed by atoms with E-state index in [9.17, 15) is 9.59 Å². The number of anilines is 1. The molecule has 4 aromatic rings. The molecule has 2 heterocycles. The fourth-order valence-corrected chi connectivity index (χ4v) is 4.35. The quantitative estimate of drug-likeness (QED) is 0.381. The van der Waals surface area contributed by atoms with E-state index in [2.05, 4.69) is 5.32 Å². The summed E-state index contributed by atoms with van der Waals surface area (Å²) < 4.78 is 8.68. The first-order chi connectivity index (χ1) is 14.8. The van der Waals surface area contributed by atoms with E-state index < -0.39 is 0 Å². The number of benzene rings is 2. The zero-order chi connectivity index (χ0) is 22.3. The van der Waals surface area contributed by atoms with Crippen LogP contribution in [0.4, 0.5) is 5.69 Å². The van der Waals surface area contributed by atoms with E-state index in [1.165, 1.54) is 21.9 Å². The number of rotatable bonds is 5. The molecule has 160 valence electrons. The smallest absolute Gasteiger partial charge is 0.278 e. The molecule has 0 bridgehead atoms. The molecule has 0 saturated heterocycles. The number of thioether (sulfide) groups is 1. The van der Waals surface area contributed by atoms with E-state index in [4.69, 9.17) is 9.72 Å². The van der Waals surface area contributed by atoms with Gasteiger partial charge in [0.25, 0.3) is 5.56 Å². The zero-order valence-electron chi connectivity index (χ0n) is 18.1. The van der Waals surface area contributed by atoms with Crippen molar-refractivity contribution < 1.29 is 9.53 Å². The minimum Gasteiger partial charge on any atom is -0.497 e. The molecule has 8 heteroatoms. The van der Waals surface area contributed by atoms with E-state index in [1.807, 2.05) is 61.9 Å². The number of carbonyl (C=O) groups excluding carboxylic acids is 1. The Morgan fingerprint density at radius 2 is 1.87 bits per heavy atom. The highest BCUT2D eigenvalue weighted by atomic mass is 32.2. The van der Waals surface area contributed by atoms with Gasteiger partial charge in [0.2, 0.25) is 5.91 Å². The van der Waals surface area contributed by atoms with Crippen LogP contribution in [0.3, 0.4) is 0 Å². The standard InChI is InChI=1S/C23H24N4O3S/c1-13-6-7-15(10-14(13)2)24-19(28)12-31-23-25-20-17-11-16(30-5)8-9-18(17)26(3)21(20)22(29)27(23)4/h6-11H,12H2,1-5H3,(H,24,28). The Kier molecular flexibility index (Phi) is 5.49. The molecule has 2 aromatic carbocycles. The molecule has 0 fully saturated rings. The van der Waals surface area contributed by atoms with Gasteiger partial charge in [0.15, 0.2) is 5.16 Å². The molecule has 0 aliphatic heterocycles. The molecule has 0 spiro atoms. The van der Waals surface area contributed by atoms with Gasteiger partial charge in [-0.2, -0.15) is 0 Å². The number of nitrogens with zero attached hydrogens (tertiary/aromatic N) is 3. The van der Waals surface area contributed by atoms with E-state index >= 15 is 0 Å². The molecule has 0 radical (unpaired) electrons. The summed E-state index contributed by atoms with van der Waals surface area (Å²) in [6.45, 7) is 4.04. The Morgan fingerprint density at radius 3 is 2.58 bits per heavy atom. The van der Waals surface area contributed by atoms with Crippen molar-refractivity contribution in [3.63, 3.8) is 0 Å². The number of aromatic nitrogens is 3. The van der Waals surface area contributed by atoms with Crippen molar-refractivity contribution in [3.05, 3.63) is 57.9 Å². The third-order valence-electron chi connectivity index (χ3n) is 5.50. The van der Waals surface area contributed by atoms with E-state index in [0.29, 0.717) is 21.9 Å². The van der Waals surface area contributed by atoms with Crippen molar-refractivity contribution in [2.24, 2.45) is 14.1 Å². The van der Waals surface area contributed by atoms with Crippen LogP contribution in [0.15, 0.2) is 46.3 Å². The molecule has 0 saturated carbocycles. The molecule has 0 unspecified atom stereocenters. The minimum absolute atomic E-state index is 0.146. The topological polar surface area (TPSA) is 78.2 Å². The summed E-state index contributed by atoms with van der Waals surface area (Å²) in [5, 5.41) is 4.24. The number of ether oxygens (including phenoxy) is 1. The summed E-state index contributed by atoms with van der Waals surface area (Å²) in [5.74, 6) is 0.693. The predicted molar refractivity (Wildman–Crippen MR) is 125 cm³/mol. The lowest BCUT2D eigenvalue weighted by molar-refractivity contribution is -0.113. The van der Waals surface area contributed by atoms with Crippen molar-refractivity contribution in [1.29, 1.82) is 0 Å². The van der Waals surface area contributed by atoms with Crippen molar-refractivity contribution in [2.75, 3.05) is 18.2 Å². The zero-order valence-corrected chi connectivity index (χ0v) is 19.0. The summed E-state index contributed by atoms with van der Waals surface area (Å²) >= 11 is 1.24. The largest absolute Gasteiger partial charge is 0.497 e. The van der Waals surface area contributed by atoms with Crippen LogP contribution in [0, 0.1) is 13.8 Å². The van der Waals surface area contributed by atoms with Crippen LogP contribution in [0.25, 0.3) is 21.9 Å². The number of aryl methyl sites for hydroxylation is 3. The summed E-state index contributed by atoms with van der Waals surface area (Å²) in [6, 6.07) is 11.5. The van der Waals surface area contributed by atoms with Crippen molar-refractivity contribution >= 4 is 45.3 Å². The van der Waals surface area contributed by atoms with Crippen LogP contribution in [0.5, 0.6) is 5.75 Å². The van der Waals surface area contributed by atoms with Gasteiger partial charge in [0.1, 0.15) is 16.8 Å². The highest BCUT2D eigenvalue weighted by Crippen LogP contribution is 2.29. The van der Waals surface area contributed by atoms with E-state index in [-0.39, 0.29) is 17.2 Å². The van der Waals surface area contributed by atoms with Crippen LogP contribution < -0.4 is 15.6 Å². The number of carbonyl (C=O) groups is 1. The number of hydrogen-bond donors (Lipinski definition) is 1. The van der Waals surface area contributed by atoms with Gasteiger partial charge in [-0.1, -0.05) is 17.8 Å². The molecule has 1 N–H and O–H groups in total. The maximum absolute atomic E-state index is 13.1. The van der Waals surface area contributed by atoms with Crippen LogP contribution in [0.2, 0.25) is 0 Å². The minimum atomic E-state index is -0.153. The molecule has 4 rings (SSSR count). The normalized spacial score (nSPS) is 11.3. The Balaban J connectivity index is 1.65. The third-order valence-corrected chi connectivity index (χ3v) is 6.53. The fraction of sp³-hybridized carbons (Fsp3) is 0.261. The average Bonchev–Trinajstić information content (AvgIpc) is 3.03. The van der Waals surface area contributed by atoms with Gasteiger partial charge in [-0.05, 0) is 55.3 Å². The van der Waals surface area contributed by atoms with Gasteiger partial charge in [0.05, 0.1) is 18.4 Å². The third kappa shape index (κ3) is 3.79. The van der Waals surface area contributed by atoms with Crippen LogP contribution in [-0.4, -0.2) is 32.9 Å². The monoisotopic (exact) mass is 436 g/mol. The number of amides is 1. The van der Waals surface area contributed by atoms with Crippen LogP contribution in [0.1, 0.15) is 11.1 Å². The number of hydrogen-bond acceptors (Lipinski definition) is 5. The Labute approximate surface area is 184 Å². The number of fused-ring (bicyclic) bond motifs is 3. The molecule has 0 atom stereocenters. The fourth-order valence-electron chi connectivity index (χ4n) is 3.58. The number of methoxy groups -OCH3 is 1. The first-order valence-electron chi connectivity index (χ1n) is 9.83. The van der Waals surface area contributed by atoms with Gasteiger partial charge in [-0.25, -0.2) is 4.98 Å². The van der Waals surface area contributed by atoms with Crippen molar-refractivity contribution in [2.45, 2.75) is 19.0 Å². The number of nitrogens with one attached hydrogen (secondary N) is 1. The second-order valence-corrected chi connectivity index (χ2v) is 8.48. The molecule has 7 nitrogen and oxygen atoms in total. The predicted octanol–water partition coefficient (Wildman–Crippen LogP) is 3.78. The van der Waals surface area contributed by atoms with E-state index in [1.54, 1.807) is 14.2 Å². The lowest BCUT2D eigenvalue weighted by atomic mass is 10.1. The van der Waals surface area contributed by atoms with Crippen molar-refractivity contribution in [3.8, 4) is 5.75 Å². The first kappa shape index (κ1) is 21.0. The second kappa shape index (κ2) is 8.11. The molecular weight excluding hydrogens is 412 g/mol. The van der Waals surface area contributed by atoms with Gasteiger partial charge in [-0.3, -0.25) is 14.2 Å². The molecule has 31 heavy (non-hydrogen) atoms. The summed E-state index contributed by atoms with van der Waals surface area (Å²) in [5.41, 5.74) is 4.92. The lowest BCUT2D eigenvalue weighted by Gasteiger charge is -2.09. The maximum Gasteiger partial charge on any atom is 0.278 e. The average molecular weight is 437 g/mol. The maximum atomic E-state index is 13.1. The van der Waals surface area contributed by atoms with E-state index in [0.717, 1.165) is 22.2 Å². The van der Waals surface area contributed by atoms with Gasteiger partial charge < -0.3 is 14.6 Å². The van der Waals surface area contributed by atoms with Crippen LogP contribution >= 0.6 is 11.8 Å². The Bertz CT molecular complexity index is 1390. The molecular formula is C23H24N4O3S. The Hall–Kier alpha value is -3.26. The van der Waals surface area contributed by atoms with Crippen LogP contribution in [-0.2, 0) is 18.9 Å². The van der Waals surface area contributed by atoms with Gasteiger partial charge in [0, 0.05) is 25.2 Å². The second-order valence-electron chi connectivity index (χ2n) is 7.53. The molecule has 1 amide bonds. The van der Waals surface area contributed by atoms with Gasteiger partial charge in [-0.15, -0.1) is 0 Å². The summed E-state index contributed by atoms with van der Waals surface area (Å²) in [6.07, 6.45) is 0. The SMILES string of the molecule is COc1ccc2c(c1)c1nc(SCC(=O)Nc3ccc(C)c(C)c3)n(C)c(=O)c1n2C. The lowest BCUT2D eigenvalue weighted by Crippen LogP contribution is -2.22. The molecule has 2 aromatic heterocycles. The highest BCUT2D eigenvalue weighted by Gasteiger charge is 2.18. The van der Waals surface area contributed by atoms with Crippen molar-refractivity contribution in [1.82, 2.24) is 14.1 Å². The molecule has 0 aliphatic carbocycles. The summed E-state index contributed by atoms with van der Waals surface area (Å²) in [7, 11) is 5.13. The molecule has 0 aliphatic rings.